The van der Waals surface area contributed by atoms with Crippen molar-refractivity contribution in [3.05, 3.63) is 53.6 Å². The van der Waals surface area contributed by atoms with E-state index in [4.69, 9.17) is 29.3 Å². The average molecular weight is 421 g/mol. The fraction of sp³-hybridized carbons (Fsp3) is 0.333. The Bertz CT molecular complexity index is 828. The number of rotatable bonds is 8. The molecule has 0 spiro atoms. The predicted octanol–water partition coefficient (Wildman–Crippen LogP) is 1.82. The van der Waals surface area contributed by atoms with E-state index in [2.05, 4.69) is 5.32 Å². The highest BCUT2D eigenvalue weighted by atomic mass is 16.5. The Balaban J connectivity index is 0.000000656. The zero-order valence-electron chi connectivity index (χ0n) is 17.0. The number of carboxylic acids is 2. The molecule has 0 amide bonds. The molecule has 0 aliphatic heterocycles. The molecule has 2 unspecified atom stereocenters. The van der Waals surface area contributed by atoms with Crippen molar-refractivity contribution in [2.45, 2.75) is 25.5 Å². The van der Waals surface area contributed by atoms with Gasteiger partial charge in [0.2, 0.25) is 0 Å². The van der Waals surface area contributed by atoms with Crippen molar-refractivity contribution < 1.29 is 39.5 Å². The number of phenolic OH excluding ortho intramolecular Hbond substituents is 1. The molecule has 30 heavy (non-hydrogen) atoms. The van der Waals surface area contributed by atoms with Gasteiger partial charge in [0.25, 0.3) is 0 Å². The summed E-state index contributed by atoms with van der Waals surface area (Å²) >= 11 is 0. The Kier molecular flexibility index (Phi) is 10.1. The Hall–Kier alpha value is -3.30. The number of para-hydroxylation sites is 1. The third-order valence-electron chi connectivity index (χ3n) is 4.13. The molecule has 0 aliphatic rings. The molecule has 0 heterocycles. The largest absolute Gasteiger partial charge is 0.508 e. The molecule has 2 aromatic carbocycles. The van der Waals surface area contributed by atoms with Gasteiger partial charge in [-0.3, -0.25) is 0 Å². The van der Waals surface area contributed by atoms with Crippen LogP contribution in [0.15, 0.2) is 42.5 Å². The van der Waals surface area contributed by atoms with Crippen LogP contribution >= 0.6 is 0 Å². The minimum absolute atomic E-state index is 0.111. The van der Waals surface area contributed by atoms with E-state index in [9.17, 15) is 10.2 Å². The summed E-state index contributed by atoms with van der Waals surface area (Å²) in [6, 6.07) is 12.8. The van der Waals surface area contributed by atoms with Gasteiger partial charge in [-0.15, -0.1) is 0 Å². The number of aliphatic hydroxyl groups excluding tert-OH is 1. The Morgan fingerprint density at radius 1 is 1.00 bits per heavy atom. The van der Waals surface area contributed by atoms with Gasteiger partial charge in [-0.05, 0) is 37.1 Å². The van der Waals surface area contributed by atoms with Crippen molar-refractivity contribution in [1.82, 2.24) is 5.32 Å². The molecular weight excluding hydrogens is 394 g/mol. The third-order valence-corrected chi connectivity index (χ3v) is 4.13. The first-order chi connectivity index (χ1) is 14.2. The van der Waals surface area contributed by atoms with Gasteiger partial charge in [0, 0.05) is 18.2 Å². The van der Waals surface area contributed by atoms with Gasteiger partial charge in [0.1, 0.15) is 5.75 Å². The fourth-order valence-electron chi connectivity index (χ4n) is 2.63. The van der Waals surface area contributed by atoms with Crippen molar-refractivity contribution in [3.8, 4) is 17.2 Å². The van der Waals surface area contributed by atoms with E-state index in [1.54, 1.807) is 38.5 Å². The van der Waals surface area contributed by atoms with Gasteiger partial charge < -0.3 is 35.2 Å². The van der Waals surface area contributed by atoms with E-state index in [-0.39, 0.29) is 11.8 Å². The van der Waals surface area contributed by atoms with Crippen molar-refractivity contribution in [3.63, 3.8) is 0 Å². The summed E-state index contributed by atoms with van der Waals surface area (Å²) in [5, 5.41) is 38.1. The number of aromatic hydroxyl groups is 1. The van der Waals surface area contributed by atoms with Crippen LogP contribution in [-0.4, -0.2) is 59.2 Å². The number of methoxy groups -OCH3 is 2. The second-order valence-electron chi connectivity index (χ2n) is 6.39. The second kappa shape index (κ2) is 12.3. The number of carboxylic acid groups (broad SMARTS) is 2. The van der Waals surface area contributed by atoms with Crippen molar-refractivity contribution >= 4 is 11.9 Å². The quantitative estimate of drug-likeness (QED) is 0.403. The maximum Gasteiger partial charge on any atom is 0.414 e. The number of hydrogen-bond acceptors (Lipinski definition) is 7. The van der Waals surface area contributed by atoms with Gasteiger partial charge in [-0.2, -0.15) is 0 Å². The van der Waals surface area contributed by atoms with Crippen LogP contribution in [0.25, 0.3) is 0 Å². The first kappa shape index (κ1) is 24.7. The number of carbonyl (C=O) groups is 2. The van der Waals surface area contributed by atoms with Gasteiger partial charge in [-0.1, -0.05) is 24.3 Å². The standard InChI is InChI=1S/C19H25NO4.C2H2O4/c1-13(10-14-8-9-18(23-2)19(11-14)24-3)20-12-17(22)15-6-4-5-7-16(15)21;3-1(4)2(5)6/h4-9,11,13,17,20-22H,10,12H2,1-3H3;(H,3,4)(H,5,6). The van der Waals surface area contributed by atoms with Crippen LogP contribution in [0.2, 0.25) is 0 Å². The summed E-state index contributed by atoms with van der Waals surface area (Å²) in [6.45, 7) is 2.42. The van der Waals surface area contributed by atoms with Crippen molar-refractivity contribution in [1.29, 1.82) is 0 Å². The topological polar surface area (TPSA) is 146 Å². The van der Waals surface area contributed by atoms with Crippen LogP contribution in [0, 0.1) is 0 Å². The molecule has 2 aromatic rings. The highest BCUT2D eigenvalue weighted by Crippen LogP contribution is 2.28. The second-order valence-corrected chi connectivity index (χ2v) is 6.39. The Morgan fingerprint density at radius 2 is 1.60 bits per heavy atom. The summed E-state index contributed by atoms with van der Waals surface area (Å²) in [5.41, 5.74) is 1.65. The Labute approximate surface area is 174 Å². The summed E-state index contributed by atoms with van der Waals surface area (Å²) in [5.74, 6) is -2.13. The highest BCUT2D eigenvalue weighted by Gasteiger charge is 2.13. The van der Waals surface area contributed by atoms with Gasteiger partial charge >= 0.3 is 11.9 Å². The molecule has 9 heteroatoms. The highest BCUT2D eigenvalue weighted by molar-refractivity contribution is 6.27. The van der Waals surface area contributed by atoms with Crippen LogP contribution < -0.4 is 14.8 Å². The van der Waals surface area contributed by atoms with Gasteiger partial charge in [0.05, 0.1) is 20.3 Å². The zero-order valence-corrected chi connectivity index (χ0v) is 17.0. The van der Waals surface area contributed by atoms with Crippen molar-refractivity contribution in [2.24, 2.45) is 0 Å². The van der Waals surface area contributed by atoms with E-state index in [0.717, 1.165) is 12.0 Å². The van der Waals surface area contributed by atoms with Gasteiger partial charge in [0.15, 0.2) is 11.5 Å². The normalized spacial score (nSPS) is 12.1. The SMILES string of the molecule is COc1ccc(CC(C)NCC(O)c2ccccc2O)cc1OC.O=C(O)C(=O)O. The number of nitrogens with one attached hydrogen (secondary N) is 1. The molecule has 0 aromatic heterocycles. The number of aliphatic hydroxyl groups is 1. The molecule has 2 rings (SSSR count). The zero-order chi connectivity index (χ0) is 22.7. The number of benzene rings is 2. The summed E-state index contributed by atoms with van der Waals surface area (Å²) in [6.07, 6.45) is 0.0347. The number of ether oxygens (including phenoxy) is 2. The van der Waals surface area contributed by atoms with E-state index in [1.807, 2.05) is 25.1 Å². The van der Waals surface area contributed by atoms with Crippen LogP contribution in [0.5, 0.6) is 17.2 Å². The van der Waals surface area contributed by atoms with Crippen LogP contribution in [0.3, 0.4) is 0 Å². The molecule has 2 atom stereocenters. The van der Waals surface area contributed by atoms with E-state index >= 15 is 0 Å². The molecular formula is C21H27NO8. The fourth-order valence-corrected chi connectivity index (χ4v) is 2.63. The van der Waals surface area contributed by atoms with Gasteiger partial charge in [-0.25, -0.2) is 9.59 Å². The number of hydrogen-bond donors (Lipinski definition) is 5. The summed E-state index contributed by atoms with van der Waals surface area (Å²) in [7, 11) is 3.23. The third kappa shape index (κ3) is 7.98. The Morgan fingerprint density at radius 3 is 2.13 bits per heavy atom. The minimum atomic E-state index is -1.82. The lowest BCUT2D eigenvalue weighted by molar-refractivity contribution is -0.159. The van der Waals surface area contributed by atoms with Crippen LogP contribution in [0.1, 0.15) is 24.2 Å². The van der Waals surface area contributed by atoms with E-state index in [1.165, 1.54) is 0 Å². The predicted molar refractivity (Wildman–Crippen MR) is 109 cm³/mol. The molecule has 9 nitrogen and oxygen atoms in total. The lowest BCUT2D eigenvalue weighted by atomic mass is 10.0. The molecule has 0 saturated heterocycles. The van der Waals surface area contributed by atoms with E-state index in [0.29, 0.717) is 23.6 Å². The molecule has 164 valence electrons. The maximum atomic E-state index is 10.2. The lowest BCUT2D eigenvalue weighted by Gasteiger charge is -2.18. The first-order valence-electron chi connectivity index (χ1n) is 9.06. The van der Waals surface area contributed by atoms with E-state index < -0.39 is 18.0 Å². The van der Waals surface area contributed by atoms with Crippen LogP contribution in [0.4, 0.5) is 0 Å². The lowest BCUT2D eigenvalue weighted by Crippen LogP contribution is -2.32. The molecule has 0 fully saturated rings. The molecule has 0 saturated carbocycles. The summed E-state index contributed by atoms with van der Waals surface area (Å²) < 4.78 is 10.6. The molecule has 0 radical (unpaired) electrons. The minimum Gasteiger partial charge on any atom is -0.508 e. The average Bonchev–Trinajstić information content (AvgIpc) is 2.72. The number of phenols is 1. The molecule has 0 bridgehead atoms. The van der Waals surface area contributed by atoms with Crippen LogP contribution in [-0.2, 0) is 16.0 Å². The first-order valence-corrected chi connectivity index (χ1v) is 9.06. The maximum absolute atomic E-state index is 10.2. The molecule has 0 aliphatic carbocycles. The smallest absolute Gasteiger partial charge is 0.414 e. The van der Waals surface area contributed by atoms with Crippen molar-refractivity contribution in [2.75, 3.05) is 20.8 Å². The number of aliphatic carboxylic acids is 2. The molecule has 5 N–H and O–H groups in total. The summed E-state index contributed by atoms with van der Waals surface area (Å²) in [4.78, 5) is 18.2. The monoisotopic (exact) mass is 421 g/mol.